The molecule has 0 radical (unpaired) electrons. The molecule has 0 aliphatic heterocycles. The van der Waals surface area contributed by atoms with Crippen molar-refractivity contribution < 1.29 is 13.3 Å². The van der Waals surface area contributed by atoms with Crippen molar-refractivity contribution in [3.63, 3.8) is 0 Å². The van der Waals surface area contributed by atoms with Gasteiger partial charge in [-0.1, -0.05) is 344 Å². The van der Waals surface area contributed by atoms with E-state index in [1.807, 2.05) is 140 Å². The van der Waals surface area contributed by atoms with E-state index in [9.17, 15) is 0 Å². The lowest BCUT2D eigenvalue weighted by molar-refractivity contribution is 0.668. The topological polar surface area (TPSA) is 155 Å². The zero-order chi connectivity index (χ0) is 91.4. The number of benzene rings is 18. The Balaban J connectivity index is 0.000000121. The molecule has 0 atom stereocenters. The molecular weight excluding hydrogens is 1780 g/mol. The van der Waals surface area contributed by atoms with E-state index in [0.717, 1.165) is 215 Å². The van der Waals surface area contributed by atoms with Gasteiger partial charge in [0.1, 0.15) is 48.5 Å². The largest absolute Gasteiger partial charge is 0.456 e. The first-order valence-electron chi connectivity index (χ1n) is 45.6. The Morgan fingerprint density at radius 2 is 0.411 bits per heavy atom. The highest BCUT2D eigenvalue weighted by molar-refractivity contribution is 7.22. The second-order valence-corrected chi connectivity index (χ2v) is 36.8. The molecule has 672 valence electrons. The molecule has 0 N–H and O–H groups in total. The van der Waals surface area contributed by atoms with E-state index >= 15 is 0 Å². The van der Waals surface area contributed by atoms with E-state index in [2.05, 4.69) is 315 Å². The quantitative estimate of drug-likeness (QED) is 0.0959. The highest BCUT2D eigenvalue weighted by atomic mass is 32.1. The Labute approximate surface area is 826 Å². The summed E-state index contributed by atoms with van der Waals surface area (Å²) in [7, 11) is 0. The molecule has 15 heteroatoms. The number of fused-ring (bicyclic) bond motifs is 12. The van der Waals surface area contributed by atoms with E-state index in [0.29, 0.717) is 17.5 Å². The summed E-state index contributed by atoms with van der Waals surface area (Å²) < 4.78 is 22.7. The lowest BCUT2D eigenvalue weighted by Crippen LogP contribution is -1.96. The van der Waals surface area contributed by atoms with Crippen LogP contribution in [0.15, 0.2) is 468 Å². The molecule has 141 heavy (non-hydrogen) atoms. The molecule has 0 saturated carbocycles. The van der Waals surface area contributed by atoms with Gasteiger partial charge in [-0.25, -0.2) is 44.9 Å². The third-order valence-corrected chi connectivity index (χ3v) is 28.3. The van der Waals surface area contributed by atoms with Gasteiger partial charge in [-0.2, -0.15) is 0 Å². The predicted molar refractivity (Wildman–Crippen MR) is 589 cm³/mol. The second kappa shape index (κ2) is 38.4. The Bertz CT molecular complexity index is 9110. The Hall–Kier alpha value is -17.7. The third kappa shape index (κ3) is 17.5. The number of thiazole rings is 3. The van der Waals surface area contributed by atoms with Crippen LogP contribution in [0.3, 0.4) is 0 Å². The molecule has 27 rings (SSSR count). The summed E-state index contributed by atoms with van der Waals surface area (Å²) in [5.74, 6) is 1.99. The van der Waals surface area contributed by atoms with Crippen LogP contribution < -0.4 is 0 Å². The zero-order valence-corrected chi connectivity index (χ0v) is 76.2. The number of rotatable bonds is 15. The number of furan rings is 3. The summed E-state index contributed by atoms with van der Waals surface area (Å²) in [4.78, 5) is 45.7. The number of hydrogen-bond donors (Lipinski definition) is 0. The zero-order valence-electron chi connectivity index (χ0n) is 73.8. The normalized spacial score (nSPS) is 11.2. The van der Waals surface area contributed by atoms with Gasteiger partial charge in [0.15, 0.2) is 17.5 Å². The number of aromatic nitrogens is 9. The summed E-state index contributed by atoms with van der Waals surface area (Å²) in [6.45, 7) is 0. The summed E-state index contributed by atoms with van der Waals surface area (Å²) in [5, 5.41) is 9.06. The van der Waals surface area contributed by atoms with E-state index < -0.39 is 0 Å². The molecule has 0 fully saturated rings. The number of nitrogens with zero attached hydrogens (tertiary/aromatic N) is 9. The van der Waals surface area contributed by atoms with Crippen molar-refractivity contribution in [2.45, 2.75) is 22.3 Å². The summed E-state index contributed by atoms with van der Waals surface area (Å²) in [5.41, 5.74) is 32.3. The lowest BCUT2D eigenvalue weighted by Gasteiger charge is -2.12. The average molecular weight is 1870 g/mol. The van der Waals surface area contributed by atoms with Crippen molar-refractivity contribution in [2.75, 3.05) is 0 Å². The van der Waals surface area contributed by atoms with Crippen LogP contribution >= 0.6 is 34.0 Å². The Morgan fingerprint density at radius 1 is 0.156 bits per heavy atom. The molecule has 27 aromatic rings. The molecule has 12 nitrogen and oxygen atoms in total. The van der Waals surface area contributed by atoms with Crippen molar-refractivity contribution >= 4 is 130 Å². The van der Waals surface area contributed by atoms with Crippen molar-refractivity contribution in [3.05, 3.63) is 455 Å². The number of hydrogen-bond acceptors (Lipinski definition) is 15. The van der Waals surface area contributed by atoms with Gasteiger partial charge >= 0.3 is 0 Å². The first kappa shape index (κ1) is 88.5. The molecule has 9 heterocycles. The van der Waals surface area contributed by atoms with Gasteiger partial charge in [-0.05, 0) is 167 Å². The molecule has 9 aromatic heterocycles. The van der Waals surface area contributed by atoms with Crippen molar-refractivity contribution in [3.8, 4) is 167 Å². The average Bonchev–Trinajstić information content (AvgIpc) is 1.62. The monoisotopic (exact) mass is 1870 g/mol. The SMILES string of the molecule is C.C.C.c1ccc(-c2cc(-c3ccccc3)nc(-c3cccc4oc5ccc(-c6nc7ccccc7s6)cc5c34)n2)cc1.c1ccc(-c2ccc(-c3cc(-c4cccc(-c5ccccc5)c4)nc(-c4cccc5oc6ccc(-c7nc8ccccc8s7)cc6c45)n3)cc2)cc1.c1ccc(-c2ccc(-c3cc(-c4cccc5oc6ccc(-c7nc8ccccc8s7)cc6c45)nc(-c4ccccc4)n3)cc2)cc1. The van der Waals surface area contributed by atoms with E-state index in [4.69, 9.17) is 58.1 Å². The minimum absolute atomic E-state index is 0. The molecular formula is C126H87N9O3S3. The minimum Gasteiger partial charge on any atom is -0.456 e. The first-order chi connectivity index (χ1) is 68.3. The van der Waals surface area contributed by atoms with Crippen molar-refractivity contribution in [1.29, 1.82) is 0 Å². The van der Waals surface area contributed by atoms with Gasteiger partial charge in [-0.15, -0.1) is 34.0 Å². The van der Waals surface area contributed by atoms with Crippen molar-refractivity contribution in [1.82, 2.24) is 44.9 Å². The van der Waals surface area contributed by atoms with Gasteiger partial charge in [0, 0.05) is 99.1 Å². The van der Waals surface area contributed by atoms with Gasteiger partial charge < -0.3 is 13.3 Å². The standard InChI is InChI=1S/C47H29N3OS.C41H25N3OS.C35H21N3OS.3CH4/c1-3-11-30(12-4-1)32-21-23-33(24-22-32)40-29-41(35-16-9-15-34(27-35)31-13-5-2-6-14-31)49-46(48-40)37-17-10-19-43-45(37)38-28-36(25-26-42(38)51-43)47-50-39-18-7-8-20-44(39)52-47;1-3-10-26(11-4-1)27-18-20-28(21-19-27)34-25-35(43-40(42-34)29-12-5-2-6-13-29)31-14-9-16-37-39(31)32-24-30(22-23-36(32)45-37)41-44-33-15-7-8-17-38(33)46-41;1-3-10-22(11-4-1)28-21-29(23-12-5-2-6-13-23)37-34(36-28)25-14-9-16-31-33(25)26-20-24(18-19-30(26)39-31)35-38-27-15-7-8-17-32(27)40-35;;;/h1-29H;1-25H;1-21H;3*1H4. The van der Waals surface area contributed by atoms with E-state index in [-0.39, 0.29) is 22.3 Å². The first-order valence-corrected chi connectivity index (χ1v) is 48.0. The molecule has 0 aliphatic rings. The van der Waals surface area contributed by atoms with Crippen LogP contribution in [0, 0.1) is 0 Å². The molecule has 0 saturated heterocycles. The van der Waals surface area contributed by atoms with Crippen molar-refractivity contribution in [2.24, 2.45) is 0 Å². The molecule has 18 aromatic carbocycles. The smallest absolute Gasteiger partial charge is 0.161 e. The Kier molecular flexibility index (Phi) is 24.1. The second-order valence-electron chi connectivity index (χ2n) is 33.8. The minimum atomic E-state index is 0. The van der Waals surface area contributed by atoms with Gasteiger partial charge in [0.2, 0.25) is 0 Å². The van der Waals surface area contributed by atoms with Crippen LogP contribution in [-0.2, 0) is 0 Å². The molecule has 0 aliphatic carbocycles. The van der Waals surface area contributed by atoms with Crippen LogP contribution in [0.4, 0.5) is 0 Å². The van der Waals surface area contributed by atoms with Gasteiger partial charge in [0.05, 0.1) is 64.8 Å². The summed E-state index contributed by atoms with van der Waals surface area (Å²) >= 11 is 5.10. The van der Waals surface area contributed by atoms with Crippen LogP contribution in [0.5, 0.6) is 0 Å². The molecule has 0 unspecified atom stereocenters. The highest BCUT2D eigenvalue weighted by Crippen LogP contribution is 2.46. The fourth-order valence-corrected chi connectivity index (χ4v) is 21.1. The maximum atomic E-state index is 6.44. The molecule has 0 bridgehead atoms. The third-order valence-electron chi connectivity index (χ3n) is 25.1. The maximum absolute atomic E-state index is 6.44. The van der Waals surface area contributed by atoms with Crippen LogP contribution in [0.1, 0.15) is 22.3 Å². The Morgan fingerprint density at radius 3 is 0.787 bits per heavy atom. The predicted octanol–water partition coefficient (Wildman–Crippen LogP) is 35.9. The van der Waals surface area contributed by atoms with Gasteiger partial charge in [0.25, 0.3) is 0 Å². The van der Waals surface area contributed by atoms with Crippen LogP contribution in [-0.4, -0.2) is 44.9 Å². The maximum Gasteiger partial charge on any atom is 0.161 e. The molecule has 0 spiro atoms. The fourth-order valence-electron chi connectivity index (χ4n) is 18.3. The van der Waals surface area contributed by atoms with E-state index in [1.54, 1.807) is 34.0 Å². The summed E-state index contributed by atoms with van der Waals surface area (Å²) in [6.07, 6.45) is 0. The van der Waals surface area contributed by atoms with Crippen LogP contribution in [0.25, 0.3) is 263 Å². The van der Waals surface area contributed by atoms with E-state index in [1.165, 1.54) is 30.8 Å². The van der Waals surface area contributed by atoms with Crippen LogP contribution in [0.2, 0.25) is 0 Å². The lowest BCUT2D eigenvalue weighted by atomic mass is 9.99. The highest BCUT2D eigenvalue weighted by Gasteiger charge is 2.25. The molecule has 0 amide bonds. The van der Waals surface area contributed by atoms with Gasteiger partial charge in [-0.3, -0.25) is 0 Å². The summed E-state index contributed by atoms with van der Waals surface area (Å²) in [6, 6.07) is 156. The number of para-hydroxylation sites is 3. The fraction of sp³-hybridized carbons (Fsp3) is 0.0238.